The normalized spacial score (nSPS) is 9.22. The van der Waals surface area contributed by atoms with Crippen LogP contribution in [-0.2, 0) is 4.79 Å². The molecule has 116 valence electrons. The van der Waals surface area contributed by atoms with Crippen molar-refractivity contribution in [3.8, 4) is 5.75 Å². The Morgan fingerprint density at radius 1 is 0.565 bits per heavy atom. The summed E-state index contributed by atoms with van der Waals surface area (Å²) in [7, 11) is 0. The Bertz CT molecular complexity index is 620. The second-order valence-corrected chi connectivity index (χ2v) is 4.49. The van der Waals surface area contributed by atoms with Gasteiger partial charge in [-0.1, -0.05) is 91.0 Å². The van der Waals surface area contributed by atoms with Crippen molar-refractivity contribution >= 4 is 18.9 Å². The Labute approximate surface area is 137 Å². The molecule has 1 N–H and O–H groups in total. The van der Waals surface area contributed by atoms with Crippen LogP contribution < -0.4 is 0 Å². The molecule has 3 aromatic rings. The van der Waals surface area contributed by atoms with E-state index < -0.39 is 0 Å². The Morgan fingerprint density at radius 3 is 1.13 bits per heavy atom. The summed E-state index contributed by atoms with van der Waals surface area (Å²) in [5, 5.41) is 8.63. The summed E-state index contributed by atoms with van der Waals surface area (Å²) in [6.07, 6.45) is 4.24. The van der Waals surface area contributed by atoms with Crippen molar-refractivity contribution in [2.45, 2.75) is 0 Å². The van der Waals surface area contributed by atoms with Crippen LogP contribution in [0.4, 0.5) is 0 Å². The highest BCUT2D eigenvalue weighted by Crippen LogP contribution is 2.07. The lowest BCUT2D eigenvalue weighted by molar-refractivity contribution is -0.0979. The van der Waals surface area contributed by atoms with Crippen molar-refractivity contribution in [2.24, 2.45) is 0 Å². The molecule has 0 heterocycles. The van der Waals surface area contributed by atoms with Crippen LogP contribution in [0.15, 0.2) is 91.0 Å². The van der Waals surface area contributed by atoms with E-state index in [0.29, 0.717) is 5.75 Å². The van der Waals surface area contributed by atoms with E-state index >= 15 is 0 Å². The molecule has 0 saturated heterocycles. The molecule has 0 aromatic heterocycles. The van der Waals surface area contributed by atoms with E-state index in [4.69, 9.17) is 9.90 Å². The van der Waals surface area contributed by atoms with Crippen LogP contribution in [0.2, 0.25) is 0 Å². The molecule has 2 heteroatoms. The maximum atomic E-state index is 8.63. The van der Waals surface area contributed by atoms with E-state index in [9.17, 15) is 0 Å². The highest BCUT2D eigenvalue weighted by atomic mass is 16.3. The van der Waals surface area contributed by atoms with E-state index in [1.807, 2.05) is 49.3 Å². The SMILES string of the molecule is C(=Cc1ccccc1)c1ccccc1.C=O.Oc1ccccc1. The average Bonchev–Trinajstić information content (AvgIpc) is 2.65. The van der Waals surface area contributed by atoms with Crippen molar-refractivity contribution in [2.75, 3.05) is 0 Å². The average molecular weight is 304 g/mol. The third-order valence-corrected chi connectivity index (χ3v) is 2.82. The monoisotopic (exact) mass is 304 g/mol. The zero-order chi connectivity index (χ0) is 16.8. The van der Waals surface area contributed by atoms with Crippen LogP contribution >= 0.6 is 0 Å². The van der Waals surface area contributed by atoms with Crippen LogP contribution in [0.5, 0.6) is 5.75 Å². The maximum Gasteiger partial charge on any atom is 0.115 e. The van der Waals surface area contributed by atoms with Gasteiger partial charge in [-0.25, -0.2) is 0 Å². The molecule has 0 fully saturated rings. The van der Waals surface area contributed by atoms with Crippen molar-refractivity contribution in [1.29, 1.82) is 0 Å². The van der Waals surface area contributed by atoms with Crippen LogP contribution in [0.3, 0.4) is 0 Å². The van der Waals surface area contributed by atoms with E-state index in [0.717, 1.165) is 0 Å². The van der Waals surface area contributed by atoms with Crippen LogP contribution in [0.1, 0.15) is 11.1 Å². The zero-order valence-electron chi connectivity index (χ0n) is 12.9. The molecule has 0 bridgehead atoms. The molecular weight excluding hydrogens is 284 g/mol. The summed E-state index contributed by atoms with van der Waals surface area (Å²) in [4.78, 5) is 8.00. The quantitative estimate of drug-likeness (QED) is 0.672. The van der Waals surface area contributed by atoms with Crippen LogP contribution in [-0.4, -0.2) is 11.9 Å². The smallest absolute Gasteiger partial charge is 0.115 e. The molecule has 0 atom stereocenters. The third kappa shape index (κ3) is 8.02. The topological polar surface area (TPSA) is 37.3 Å². The summed E-state index contributed by atoms with van der Waals surface area (Å²) < 4.78 is 0. The lowest BCUT2D eigenvalue weighted by Gasteiger charge is -1.92. The fourth-order valence-corrected chi connectivity index (χ4v) is 1.75. The fourth-order valence-electron chi connectivity index (χ4n) is 1.75. The first kappa shape index (κ1) is 17.9. The van der Waals surface area contributed by atoms with Crippen LogP contribution in [0, 0.1) is 0 Å². The second-order valence-electron chi connectivity index (χ2n) is 4.49. The van der Waals surface area contributed by atoms with Gasteiger partial charge in [-0.05, 0) is 23.3 Å². The van der Waals surface area contributed by atoms with E-state index in [-0.39, 0.29) is 0 Å². The van der Waals surface area contributed by atoms with Gasteiger partial charge in [0.2, 0.25) is 0 Å². The molecule has 0 spiro atoms. The molecule has 0 radical (unpaired) electrons. The first-order valence-electron chi connectivity index (χ1n) is 7.16. The van der Waals surface area contributed by atoms with E-state index in [1.54, 1.807) is 24.3 Å². The minimum atomic E-state index is 0.322. The van der Waals surface area contributed by atoms with Gasteiger partial charge in [0, 0.05) is 0 Å². The molecule has 23 heavy (non-hydrogen) atoms. The largest absolute Gasteiger partial charge is 0.508 e. The molecule has 0 aliphatic heterocycles. The number of carbonyl (C=O) groups excluding carboxylic acids is 1. The van der Waals surface area contributed by atoms with Gasteiger partial charge in [0.1, 0.15) is 12.5 Å². The molecule has 0 aliphatic carbocycles. The van der Waals surface area contributed by atoms with Gasteiger partial charge in [0.25, 0.3) is 0 Å². The molecule has 0 saturated carbocycles. The fraction of sp³-hybridized carbons (Fsp3) is 0. The molecule has 0 unspecified atom stereocenters. The number of hydrogen-bond acceptors (Lipinski definition) is 2. The number of aromatic hydroxyl groups is 1. The Balaban J connectivity index is 0.000000247. The van der Waals surface area contributed by atoms with E-state index in [2.05, 4.69) is 36.4 Å². The zero-order valence-corrected chi connectivity index (χ0v) is 12.9. The summed E-state index contributed by atoms with van der Waals surface area (Å²) in [5.74, 6) is 0.322. The summed E-state index contributed by atoms with van der Waals surface area (Å²) in [6.45, 7) is 2.00. The number of rotatable bonds is 2. The molecule has 0 aliphatic rings. The summed E-state index contributed by atoms with van der Waals surface area (Å²) >= 11 is 0. The van der Waals surface area contributed by atoms with Crippen molar-refractivity contribution in [3.63, 3.8) is 0 Å². The van der Waals surface area contributed by atoms with Gasteiger partial charge >= 0.3 is 0 Å². The van der Waals surface area contributed by atoms with Crippen molar-refractivity contribution in [1.82, 2.24) is 0 Å². The first-order valence-corrected chi connectivity index (χ1v) is 7.16. The maximum absolute atomic E-state index is 8.63. The first-order chi connectivity index (χ1) is 11.3. The Hall–Kier alpha value is -3.13. The predicted octanol–water partition coefficient (Wildman–Crippen LogP) is 5.06. The predicted molar refractivity (Wildman–Crippen MR) is 97.0 cm³/mol. The Morgan fingerprint density at radius 2 is 0.870 bits per heavy atom. The number of hydrogen-bond donors (Lipinski definition) is 1. The highest BCUT2D eigenvalue weighted by molar-refractivity contribution is 5.69. The highest BCUT2D eigenvalue weighted by Gasteiger charge is 1.84. The molecule has 0 amide bonds. The van der Waals surface area contributed by atoms with Gasteiger partial charge in [0.15, 0.2) is 0 Å². The minimum absolute atomic E-state index is 0.322. The van der Waals surface area contributed by atoms with Gasteiger partial charge < -0.3 is 9.90 Å². The minimum Gasteiger partial charge on any atom is -0.508 e. The number of benzene rings is 3. The summed E-state index contributed by atoms with van der Waals surface area (Å²) in [6, 6.07) is 29.3. The van der Waals surface area contributed by atoms with Crippen LogP contribution in [0.25, 0.3) is 12.2 Å². The molecule has 3 aromatic carbocycles. The summed E-state index contributed by atoms with van der Waals surface area (Å²) in [5.41, 5.74) is 2.47. The Kier molecular flexibility index (Phi) is 8.98. The number of phenols is 1. The van der Waals surface area contributed by atoms with Gasteiger partial charge in [-0.15, -0.1) is 0 Å². The standard InChI is InChI=1S/C14H12.C6H6O.CH2O/c1-3-7-13(8-4-1)11-12-14-9-5-2-6-10-14;7-6-4-2-1-3-5-6;1-2/h1-12H;1-5,7H;1H2. The van der Waals surface area contributed by atoms with E-state index in [1.165, 1.54) is 11.1 Å². The number of phenolic OH excluding ortho intramolecular Hbond substituents is 1. The molecule has 3 rings (SSSR count). The van der Waals surface area contributed by atoms with Crippen molar-refractivity contribution < 1.29 is 9.90 Å². The molecular formula is C21H20O2. The lowest BCUT2D eigenvalue weighted by atomic mass is 10.1. The number of carbonyl (C=O) groups is 1. The lowest BCUT2D eigenvalue weighted by Crippen LogP contribution is -1.70. The van der Waals surface area contributed by atoms with Gasteiger partial charge in [-0.3, -0.25) is 0 Å². The third-order valence-electron chi connectivity index (χ3n) is 2.82. The van der Waals surface area contributed by atoms with Gasteiger partial charge in [0.05, 0.1) is 0 Å². The number of para-hydroxylation sites is 1. The van der Waals surface area contributed by atoms with Gasteiger partial charge in [-0.2, -0.15) is 0 Å². The molecule has 2 nitrogen and oxygen atoms in total. The van der Waals surface area contributed by atoms with Crippen molar-refractivity contribution in [3.05, 3.63) is 102 Å². The second kappa shape index (κ2) is 11.5.